The van der Waals surface area contributed by atoms with Crippen molar-refractivity contribution in [2.75, 3.05) is 26.0 Å². The molecule has 0 amide bonds. The van der Waals surface area contributed by atoms with Crippen LogP contribution in [0.15, 0.2) is 29.2 Å². The number of ether oxygens (including phenoxy) is 1. The molecule has 0 spiro atoms. The normalized spacial score (nSPS) is 11.6. The molecular weight excluding hydrogens is 274 g/mol. The summed E-state index contributed by atoms with van der Waals surface area (Å²) in [5.74, 6) is -0.203. The summed E-state index contributed by atoms with van der Waals surface area (Å²) >= 11 is 1.58. The smallest absolute Gasteiger partial charge is 0.309 e. The topological polar surface area (TPSA) is 58.6 Å². The van der Waals surface area contributed by atoms with Crippen molar-refractivity contribution in [1.82, 2.24) is 5.32 Å². The van der Waals surface area contributed by atoms with Gasteiger partial charge in [0.1, 0.15) is 0 Å². The van der Waals surface area contributed by atoms with Gasteiger partial charge in [0.15, 0.2) is 0 Å². The zero-order valence-electron chi connectivity index (χ0n) is 12.3. The molecule has 5 heteroatoms. The molecule has 0 heterocycles. The molecular formula is C15H23NO3S. The summed E-state index contributed by atoms with van der Waals surface area (Å²) in [6.45, 7) is 5.80. The van der Waals surface area contributed by atoms with Crippen molar-refractivity contribution in [1.29, 1.82) is 0 Å². The Hall–Kier alpha value is -1.04. The predicted octanol–water partition coefficient (Wildman–Crippen LogP) is 2.63. The lowest BCUT2D eigenvalue weighted by atomic mass is 9.97. The fourth-order valence-corrected chi connectivity index (χ4v) is 2.54. The van der Waals surface area contributed by atoms with E-state index in [2.05, 4.69) is 17.4 Å². The summed E-state index contributed by atoms with van der Waals surface area (Å²) in [6.07, 6.45) is 0. The fraction of sp³-hybridized carbons (Fsp3) is 0.533. The van der Waals surface area contributed by atoms with Crippen molar-refractivity contribution in [2.45, 2.75) is 25.3 Å². The SMILES string of the molecule is COCCNCc1cccc(SCC(C)(C)C(=O)O)c1. The third kappa shape index (κ3) is 5.94. The Balaban J connectivity index is 2.49. The fourth-order valence-electron chi connectivity index (χ4n) is 1.48. The average molecular weight is 297 g/mol. The van der Waals surface area contributed by atoms with Crippen molar-refractivity contribution in [3.05, 3.63) is 29.8 Å². The van der Waals surface area contributed by atoms with E-state index in [1.54, 1.807) is 32.7 Å². The van der Waals surface area contributed by atoms with E-state index in [1.807, 2.05) is 12.1 Å². The number of methoxy groups -OCH3 is 1. The van der Waals surface area contributed by atoms with Gasteiger partial charge in [0.2, 0.25) is 0 Å². The molecule has 20 heavy (non-hydrogen) atoms. The van der Waals surface area contributed by atoms with Crippen LogP contribution in [0.5, 0.6) is 0 Å². The van der Waals surface area contributed by atoms with Crippen LogP contribution < -0.4 is 5.32 Å². The minimum atomic E-state index is -0.762. The summed E-state index contributed by atoms with van der Waals surface area (Å²) in [4.78, 5) is 12.2. The Morgan fingerprint density at radius 3 is 2.85 bits per heavy atom. The number of carbonyl (C=O) groups is 1. The van der Waals surface area contributed by atoms with E-state index in [0.29, 0.717) is 12.4 Å². The van der Waals surface area contributed by atoms with Gasteiger partial charge in [-0.05, 0) is 31.5 Å². The first-order valence-corrected chi connectivity index (χ1v) is 7.59. The number of hydrogen-bond donors (Lipinski definition) is 2. The molecule has 2 N–H and O–H groups in total. The maximum absolute atomic E-state index is 11.1. The van der Waals surface area contributed by atoms with E-state index in [-0.39, 0.29) is 0 Å². The molecule has 0 bridgehead atoms. The number of rotatable bonds is 9. The quantitative estimate of drug-likeness (QED) is 0.542. The maximum Gasteiger partial charge on any atom is 0.309 e. The third-order valence-corrected chi connectivity index (χ3v) is 4.34. The monoisotopic (exact) mass is 297 g/mol. The average Bonchev–Trinajstić information content (AvgIpc) is 2.42. The van der Waals surface area contributed by atoms with Gasteiger partial charge in [0.25, 0.3) is 0 Å². The van der Waals surface area contributed by atoms with E-state index in [4.69, 9.17) is 9.84 Å². The molecule has 0 radical (unpaired) electrons. The first-order chi connectivity index (χ1) is 9.45. The number of thioether (sulfide) groups is 1. The van der Waals surface area contributed by atoms with Crippen LogP contribution in [-0.4, -0.2) is 37.1 Å². The van der Waals surface area contributed by atoms with E-state index in [0.717, 1.165) is 18.0 Å². The number of carboxylic acids is 1. The second-order valence-electron chi connectivity index (χ2n) is 5.29. The Morgan fingerprint density at radius 1 is 1.45 bits per heavy atom. The van der Waals surface area contributed by atoms with Gasteiger partial charge in [0.05, 0.1) is 12.0 Å². The van der Waals surface area contributed by atoms with Gasteiger partial charge in [0, 0.05) is 30.8 Å². The number of carboxylic acid groups (broad SMARTS) is 1. The van der Waals surface area contributed by atoms with Crippen LogP contribution in [-0.2, 0) is 16.1 Å². The molecule has 1 aromatic rings. The number of aliphatic carboxylic acids is 1. The number of benzene rings is 1. The molecule has 0 aliphatic carbocycles. The molecule has 1 rings (SSSR count). The summed E-state index contributed by atoms with van der Waals surface area (Å²) < 4.78 is 4.98. The lowest BCUT2D eigenvalue weighted by Gasteiger charge is -2.18. The molecule has 0 saturated carbocycles. The van der Waals surface area contributed by atoms with Gasteiger partial charge in [-0.25, -0.2) is 0 Å². The molecule has 0 saturated heterocycles. The lowest BCUT2D eigenvalue weighted by Crippen LogP contribution is -2.26. The second-order valence-corrected chi connectivity index (χ2v) is 6.34. The molecule has 0 unspecified atom stereocenters. The first kappa shape index (κ1) is 17.0. The highest BCUT2D eigenvalue weighted by molar-refractivity contribution is 7.99. The zero-order valence-corrected chi connectivity index (χ0v) is 13.1. The van der Waals surface area contributed by atoms with Crippen LogP contribution in [0.25, 0.3) is 0 Å². The predicted molar refractivity (Wildman–Crippen MR) is 82.2 cm³/mol. The highest BCUT2D eigenvalue weighted by Crippen LogP contribution is 2.28. The van der Waals surface area contributed by atoms with Gasteiger partial charge in [-0.2, -0.15) is 0 Å². The molecule has 112 valence electrons. The summed E-state index contributed by atoms with van der Waals surface area (Å²) in [5.41, 5.74) is 0.483. The van der Waals surface area contributed by atoms with Crippen molar-refractivity contribution in [3.63, 3.8) is 0 Å². The Labute approximate surface area is 124 Å². The summed E-state index contributed by atoms with van der Waals surface area (Å²) in [6, 6.07) is 8.18. The van der Waals surface area contributed by atoms with Gasteiger partial charge < -0.3 is 15.2 Å². The van der Waals surface area contributed by atoms with Crippen molar-refractivity contribution >= 4 is 17.7 Å². The van der Waals surface area contributed by atoms with Crippen LogP contribution in [0.4, 0.5) is 0 Å². The number of nitrogens with one attached hydrogen (secondary N) is 1. The van der Waals surface area contributed by atoms with Crippen molar-refractivity contribution in [3.8, 4) is 0 Å². The molecule has 0 atom stereocenters. The minimum Gasteiger partial charge on any atom is -0.481 e. The summed E-state index contributed by atoms with van der Waals surface area (Å²) in [7, 11) is 1.68. The summed E-state index contributed by atoms with van der Waals surface area (Å²) in [5, 5.41) is 12.4. The van der Waals surface area contributed by atoms with Crippen LogP contribution in [0.1, 0.15) is 19.4 Å². The van der Waals surface area contributed by atoms with Gasteiger partial charge >= 0.3 is 5.97 Å². The molecule has 4 nitrogen and oxygen atoms in total. The molecule has 0 aromatic heterocycles. The van der Waals surface area contributed by atoms with Crippen LogP contribution >= 0.6 is 11.8 Å². The van der Waals surface area contributed by atoms with E-state index >= 15 is 0 Å². The molecule has 0 fully saturated rings. The largest absolute Gasteiger partial charge is 0.481 e. The third-order valence-electron chi connectivity index (χ3n) is 2.89. The van der Waals surface area contributed by atoms with E-state index in [9.17, 15) is 4.79 Å². The van der Waals surface area contributed by atoms with E-state index in [1.165, 1.54) is 5.56 Å². The molecule has 0 aliphatic rings. The standard InChI is InChI=1S/C15H23NO3S/c1-15(2,14(17)18)11-20-13-6-4-5-12(9-13)10-16-7-8-19-3/h4-6,9,16H,7-8,10-11H2,1-3H3,(H,17,18). The number of hydrogen-bond acceptors (Lipinski definition) is 4. The van der Waals surface area contributed by atoms with E-state index < -0.39 is 11.4 Å². The molecule has 0 aliphatic heterocycles. The second kappa shape index (κ2) is 8.29. The minimum absolute atomic E-state index is 0.558. The first-order valence-electron chi connectivity index (χ1n) is 6.60. The highest BCUT2D eigenvalue weighted by Gasteiger charge is 2.27. The van der Waals surface area contributed by atoms with Gasteiger partial charge in [-0.3, -0.25) is 4.79 Å². The van der Waals surface area contributed by atoms with Crippen molar-refractivity contribution in [2.24, 2.45) is 5.41 Å². The molecule has 1 aromatic carbocycles. The maximum atomic E-state index is 11.1. The van der Waals surface area contributed by atoms with Gasteiger partial charge in [-0.1, -0.05) is 12.1 Å². The van der Waals surface area contributed by atoms with Crippen molar-refractivity contribution < 1.29 is 14.6 Å². The van der Waals surface area contributed by atoms with Gasteiger partial charge in [-0.15, -0.1) is 11.8 Å². The van der Waals surface area contributed by atoms with Crippen LogP contribution in [0.3, 0.4) is 0 Å². The zero-order chi connectivity index (χ0) is 15.0. The Morgan fingerprint density at radius 2 is 2.20 bits per heavy atom. The lowest BCUT2D eigenvalue weighted by molar-refractivity contribution is -0.145. The highest BCUT2D eigenvalue weighted by atomic mass is 32.2. The Bertz CT molecular complexity index is 435. The Kier molecular flexibility index (Phi) is 7.05. The van der Waals surface area contributed by atoms with Crippen LogP contribution in [0.2, 0.25) is 0 Å². The van der Waals surface area contributed by atoms with Crippen LogP contribution in [0, 0.1) is 5.41 Å².